The second-order valence-corrected chi connectivity index (χ2v) is 3.90. The van der Waals surface area contributed by atoms with Gasteiger partial charge < -0.3 is 4.74 Å². The molecule has 0 saturated carbocycles. The van der Waals surface area contributed by atoms with E-state index in [1.807, 2.05) is 23.9 Å². The topological polar surface area (TPSA) is 44.1 Å². The molecular formula is C12H20N2O2. The summed E-state index contributed by atoms with van der Waals surface area (Å²) < 4.78 is 6.96. The molecule has 1 aromatic rings. The maximum atomic E-state index is 11.4. The Morgan fingerprint density at radius 2 is 2.31 bits per heavy atom. The molecule has 0 aromatic carbocycles. The maximum absolute atomic E-state index is 11.4. The highest BCUT2D eigenvalue weighted by Crippen LogP contribution is 2.09. The molecule has 0 N–H and O–H groups in total. The molecule has 0 aliphatic carbocycles. The average molecular weight is 224 g/mol. The maximum Gasteiger partial charge on any atom is 0.164 e. The lowest BCUT2D eigenvalue weighted by Gasteiger charge is -2.07. The molecule has 0 radical (unpaired) electrons. The Bertz CT molecular complexity index is 334. The molecule has 90 valence electrons. The van der Waals surface area contributed by atoms with Crippen LogP contribution in [0.3, 0.4) is 0 Å². The van der Waals surface area contributed by atoms with Gasteiger partial charge in [0.15, 0.2) is 5.78 Å². The summed E-state index contributed by atoms with van der Waals surface area (Å²) in [6, 6.07) is 2.28. The van der Waals surface area contributed by atoms with Gasteiger partial charge >= 0.3 is 0 Å². The molecule has 1 atom stereocenters. The van der Waals surface area contributed by atoms with Crippen LogP contribution in [0, 0.1) is 0 Å². The van der Waals surface area contributed by atoms with E-state index in [4.69, 9.17) is 4.74 Å². The number of ether oxygens (including phenoxy) is 1. The van der Waals surface area contributed by atoms with Crippen LogP contribution >= 0.6 is 0 Å². The van der Waals surface area contributed by atoms with Gasteiger partial charge in [0.1, 0.15) is 6.61 Å². The number of ketones is 1. The smallest absolute Gasteiger partial charge is 0.164 e. The van der Waals surface area contributed by atoms with Gasteiger partial charge in [-0.15, -0.1) is 0 Å². The van der Waals surface area contributed by atoms with Crippen LogP contribution < -0.4 is 0 Å². The lowest BCUT2D eigenvalue weighted by atomic mass is 10.2. The molecule has 0 bridgehead atoms. The van der Waals surface area contributed by atoms with Gasteiger partial charge in [0.05, 0.1) is 12.1 Å². The summed E-state index contributed by atoms with van der Waals surface area (Å²) in [6.07, 6.45) is 3.33. The van der Waals surface area contributed by atoms with Crippen molar-refractivity contribution >= 4 is 5.78 Å². The Balaban J connectivity index is 2.48. The zero-order chi connectivity index (χ0) is 12.0. The van der Waals surface area contributed by atoms with Crippen LogP contribution in [0.5, 0.6) is 0 Å². The molecule has 0 amide bonds. The van der Waals surface area contributed by atoms with Crippen molar-refractivity contribution in [2.24, 2.45) is 0 Å². The SMILES string of the molecule is CCOCC(=O)Cc1ccn(C(C)CC)n1. The molecule has 0 fully saturated rings. The van der Waals surface area contributed by atoms with E-state index in [9.17, 15) is 4.79 Å². The normalized spacial score (nSPS) is 12.7. The van der Waals surface area contributed by atoms with Gasteiger partial charge in [0, 0.05) is 18.8 Å². The minimum atomic E-state index is 0.0799. The Morgan fingerprint density at radius 1 is 1.56 bits per heavy atom. The second-order valence-electron chi connectivity index (χ2n) is 3.90. The van der Waals surface area contributed by atoms with Crippen molar-refractivity contribution in [1.82, 2.24) is 9.78 Å². The van der Waals surface area contributed by atoms with E-state index >= 15 is 0 Å². The first-order chi connectivity index (χ1) is 7.67. The molecule has 4 heteroatoms. The molecular weight excluding hydrogens is 204 g/mol. The standard InChI is InChI=1S/C12H20N2O2/c1-4-10(3)14-7-6-11(13-14)8-12(15)9-16-5-2/h6-7,10H,4-5,8-9H2,1-3H3. The summed E-state index contributed by atoms with van der Waals surface area (Å²) in [6.45, 7) is 6.87. The molecule has 0 spiro atoms. The van der Waals surface area contributed by atoms with Crippen molar-refractivity contribution < 1.29 is 9.53 Å². The highest BCUT2D eigenvalue weighted by molar-refractivity contribution is 5.81. The summed E-state index contributed by atoms with van der Waals surface area (Å²) in [5.41, 5.74) is 0.824. The van der Waals surface area contributed by atoms with E-state index in [-0.39, 0.29) is 12.4 Å². The number of hydrogen-bond acceptors (Lipinski definition) is 3. The monoisotopic (exact) mass is 224 g/mol. The van der Waals surface area contributed by atoms with Crippen LogP contribution in [0.4, 0.5) is 0 Å². The first kappa shape index (κ1) is 12.9. The van der Waals surface area contributed by atoms with Gasteiger partial charge in [-0.05, 0) is 26.3 Å². The molecule has 0 aliphatic rings. The molecule has 1 aromatic heterocycles. The minimum absolute atomic E-state index is 0.0799. The lowest BCUT2D eigenvalue weighted by molar-refractivity contribution is -0.122. The minimum Gasteiger partial charge on any atom is -0.374 e. The fraction of sp³-hybridized carbons (Fsp3) is 0.667. The van der Waals surface area contributed by atoms with Gasteiger partial charge in [-0.25, -0.2) is 0 Å². The summed E-state index contributed by atoms with van der Waals surface area (Å²) in [5, 5.41) is 4.37. The summed E-state index contributed by atoms with van der Waals surface area (Å²) >= 11 is 0. The third-order valence-electron chi connectivity index (χ3n) is 2.55. The largest absolute Gasteiger partial charge is 0.374 e. The number of aromatic nitrogens is 2. The van der Waals surface area contributed by atoms with Crippen molar-refractivity contribution in [2.75, 3.05) is 13.2 Å². The summed E-state index contributed by atoms with van der Waals surface area (Å²) in [4.78, 5) is 11.4. The van der Waals surface area contributed by atoms with Crippen molar-refractivity contribution in [3.05, 3.63) is 18.0 Å². The van der Waals surface area contributed by atoms with Crippen molar-refractivity contribution in [2.45, 2.75) is 39.7 Å². The zero-order valence-electron chi connectivity index (χ0n) is 10.3. The Labute approximate surface area is 96.6 Å². The fourth-order valence-electron chi connectivity index (χ4n) is 1.37. The van der Waals surface area contributed by atoms with Crippen LogP contribution in [-0.2, 0) is 16.0 Å². The van der Waals surface area contributed by atoms with Crippen LogP contribution in [0.25, 0.3) is 0 Å². The third kappa shape index (κ3) is 3.77. The number of carbonyl (C=O) groups excluding carboxylic acids is 1. The number of Topliss-reactive ketones (excluding diaryl/α,β-unsaturated/α-hetero) is 1. The Morgan fingerprint density at radius 3 is 2.94 bits per heavy atom. The number of rotatable bonds is 7. The Hall–Kier alpha value is -1.16. The van der Waals surface area contributed by atoms with Crippen molar-refractivity contribution in [3.63, 3.8) is 0 Å². The molecule has 16 heavy (non-hydrogen) atoms. The first-order valence-corrected chi connectivity index (χ1v) is 5.80. The number of nitrogens with zero attached hydrogens (tertiary/aromatic N) is 2. The molecule has 0 aliphatic heterocycles. The van der Waals surface area contributed by atoms with Gasteiger partial charge in [-0.3, -0.25) is 9.48 Å². The summed E-state index contributed by atoms with van der Waals surface area (Å²) in [5.74, 6) is 0.0799. The van der Waals surface area contributed by atoms with E-state index in [1.54, 1.807) is 0 Å². The third-order valence-corrected chi connectivity index (χ3v) is 2.55. The van der Waals surface area contributed by atoms with Gasteiger partial charge in [-0.2, -0.15) is 5.10 Å². The highest BCUT2D eigenvalue weighted by Gasteiger charge is 2.08. The van der Waals surface area contributed by atoms with E-state index in [0.29, 0.717) is 19.1 Å². The van der Waals surface area contributed by atoms with Crippen LogP contribution in [0.2, 0.25) is 0 Å². The van der Waals surface area contributed by atoms with Crippen LogP contribution in [0.1, 0.15) is 38.9 Å². The fourth-order valence-corrected chi connectivity index (χ4v) is 1.37. The molecule has 1 heterocycles. The zero-order valence-corrected chi connectivity index (χ0v) is 10.3. The number of carbonyl (C=O) groups is 1. The van der Waals surface area contributed by atoms with E-state index < -0.39 is 0 Å². The molecule has 1 unspecified atom stereocenters. The van der Waals surface area contributed by atoms with Crippen LogP contribution in [-0.4, -0.2) is 28.8 Å². The van der Waals surface area contributed by atoms with Crippen molar-refractivity contribution in [3.8, 4) is 0 Å². The predicted molar refractivity (Wildman–Crippen MR) is 62.4 cm³/mol. The molecule has 0 saturated heterocycles. The highest BCUT2D eigenvalue weighted by atomic mass is 16.5. The lowest BCUT2D eigenvalue weighted by Crippen LogP contribution is -2.12. The van der Waals surface area contributed by atoms with E-state index in [1.165, 1.54) is 0 Å². The van der Waals surface area contributed by atoms with Crippen LogP contribution in [0.15, 0.2) is 12.3 Å². The average Bonchev–Trinajstić information content (AvgIpc) is 2.73. The van der Waals surface area contributed by atoms with Gasteiger partial charge in [-0.1, -0.05) is 6.92 Å². The van der Waals surface area contributed by atoms with Crippen molar-refractivity contribution in [1.29, 1.82) is 0 Å². The predicted octanol–water partition coefficient (Wildman–Crippen LogP) is 2.00. The van der Waals surface area contributed by atoms with E-state index in [2.05, 4.69) is 18.9 Å². The summed E-state index contributed by atoms with van der Waals surface area (Å²) in [7, 11) is 0. The molecule has 4 nitrogen and oxygen atoms in total. The molecule has 1 rings (SSSR count). The van der Waals surface area contributed by atoms with E-state index in [0.717, 1.165) is 12.1 Å². The number of hydrogen-bond donors (Lipinski definition) is 0. The van der Waals surface area contributed by atoms with Gasteiger partial charge in [0.2, 0.25) is 0 Å². The van der Waals surface area contributed by atoms with Gasteiger partial charge in [0.25, 0.3) is 0 Å². The second kappa shape index (κ2) is 6.43. The first-order valence-electron chi connectivity index (χ1n) is 5.80. The quantitative estimate of drug-likeness (QED) is 0.711. The Kier molecular flexibility index (Phi) is 5.19.